The third-order valence-electron chi connectivity index (χ3n) is 3.61. The van der Waals surface area contributed by atoms with Gasteiger partial charge in [-0.1, -0.05) is 20.8 Å². The zero-order valence-corrected chi connectivity index (χ0v) is 9.99. The molecule has 3 atom stereocenters. The quantitative estimate of drug-likeness (QED) is 0.656. The highest BCUT2D eigenvalue weighted by Crippen LogP contribution is 2.37. The van der Waals surface area contributed by atoms with Crippen molar-refractivity contribution in [3.63, 3.8) is 0 Å². The molecule has 2 fully saturated rings. The van der Waals surface area contributed by atoms with Gasteiger partial charge in [0.15, 0.2) is 0 Å². The van der Waals surface area contributed by atoms with E-state index in [1.165, 1.54) is 6.42 Å². The first-order valence-electron chi connectivity index (χ1n) is 5.94. The van der Waals surface area contributed by atoms with E-state index in [0.29, 0.717) is 23.9 Å². The Bertz CT molecular complexity index is 269. The van der Waals surface area contributed by atoms with Crippen molar-refractivity contribution in [2.75, 3.05) is 6.54 Å². The van der Waals surface area contributed by atoms with Crippen LogP contribution in [-0.2, 0) is 4.79 Å². The topological polar surface area (TPSA) is 46.3 Å². The molecule has 15 heavy (non-hydrogen) atoms. The average Bonchev–Trinajstić information content (AvgIpc) is 2.38. The van der Waals surface area contributed by atoms with Crippen LogP contribution in [-0.4, -0.2) is 29.4 Å². The number of carbonyl (C=O) groups is 1. The first-order chi connectivity index (χ1) is 6.88. The zero-order valence-electron chi connectivity index (χ0n) is 9.99. The highest BCUT2D eigenvalue weighted by Gasteiger charge is 2.42. The predicted molar refractivity (Wildman–Crippen MR) is 60.3 cm³/mol. The zero-order chi connectivity index (χ0) is 11.2. The van der Waals surface area contributed by atoms with Gasteiger partial charge >= 0.3 is 0 Å². The molecule has 2 aliphatic rings. The van der Waals surface area contributed by atoms with E-state index in [1.54, 1.807) is 0 Å². The van der Waals surface area contributed by atoms with Gasteiger partial charge in [-0.2, -0.15) is 0 Å². The summed E-state index contributed by atoms with van der Waals surface area (Å²) >= 11 is 0. The number of hydrogen-bond donors (Lipinski definition) is 1. The molecule has 3 nitrogen and oxygen atoms in total. The number of nitrogens with zero attached hydrogens (tertiary/aromatic N) is 1. The molecule has 1 aliphatic heterocycles. The van der Waals surface area contributed by atoms with Crippen LogP contribution in [0.1, 0.15) is 40.0 Å². The van der Waals surface area contributed by atoms with Crippen LogP contribution < -0.4 is 5.73 Å². The lowest BCUT2D eigenvalue weighted by molar-refractivity contribution is -0.140. The van der Waals surface area contributed by atoms with Crippen molar-refractivity contribution >= 4 is 5.91 Å². The Morgan fingerprint density at radius 3 is 2.53 bits per heavy atom. The van der Waals surface area contributed by atoms with Crippen LogP contribution in [0, 0.1) is 11.3 Å². The van der Waals surface area contributed by atoms with Crippen LogP contribution in [0.5, 0.6) is 0 Å². The van der Waals surface area contributed by atoms with Crippen molar-refractivity contribution in [1.82, 2.24) is 4.90 Å². The molecule has 86 valence electrons. The van der Waals surface area contributed by atoms with Gasteiger partial charge in [0.2, 0.25) is 5.91 Å². The maximum absolute atomic E-state index is 12.2. The summed E-state index contributed by atoms with van der Waals surface area (Å²) in [6.07, 6.45) is 3.28. The third kappa shape index (κ3) is 2.03. The summed E-state index contributed by atoms with van der Waals surface area (Å²) in [6.45, 7) is 6.93. The molecule has 1 aliphatic carbocycles. The van der Waals surface area contributed by atoms with Gasteiger partial charge < -0.3 is 10.6 Å². The Morgan fingerprint density at radius 2 is 1.93 bits per heavy atom. The smallest absolute Gasteiger partial charge is 0.228 e. The third-order valence-corrected chi connectivity index (χ3v) is 3.61. The largest absolute Gasteiger partial charge is 0.339 e. The Hall–Kier alpha value is -0.570. The molecule has 1 saturated carbocycles. The van der Waals surface area contributed by atoms with Crippen molar-refractivity contribution < 1.29 is 4.79 Å². The summed E-state index contributed by atoms with van der Waals surface area (Å²) in [4.78, 5) is 14.3. The molecule has 1 saturated heterocycles. The Labute approximate surface area is 92.0 Å². The van der Waals surface area contributed by atoms with Crippen molar-refractivity contribution in [2.45, 2.75) is 52.1 Å². The maximum Gasteiger partial charge on any atom is 0.228 e. The monoisotopic (exact) mass is 210 g/mol. The van der Waals surface area contributed by atoms with Crippen LogP contribution in [0.4, 0.5) is 0 Å². The number of likely N-dealkylation sites (tertiary alicyclic amines) is 1. The molecule has 1 heterocycles. The summed E-state index contributed by atoms with van der Waals surface area (Å²) in [5, 5.41) is 0. The van der Waals surface area contributed by atoms with E-state index in [-0.39, 0.29) is 5.41 Å². The summed E-state index contributed by atoms with van der Waals surface area (Å²) < 4.78 is 0. The van der Waals surface area contributed by atoms with Crippen LogP contribution in [0.15, 0.2) is 0 Å². The molecule has 0 radical (unpaired) electrons. The lowest BCUT2D eigenvalue weighted by atomic mass is 9.87. The number of rotatable bonds is 0. The molecule has 0 aromatic heterocycles. The fourth-order valence-corrected chi connectivity index (χ4v) is 2.96. The second-order valence-corrected chi connectivity index (χ2v) is 6.19. The maximum atomic E-state index is 12.2. The number of amides is 1. The number of carbonyl (C=O) groups excluding carboxylic acids is 1. The Morgan fingerprint density at radius 1 is 1.27 bits per heavy atom. The number of nitrogens with two attached hydrogens (primary N) is 1. The number of hydrogen-bond acceptors (Lipinski definition) is 2. The fourth-order valence-electron chi connectivity index (χ4n) is 2.96. The standard InChI is InChI=1S/C12H22N2O/c1-12(2,3)11(15)14-7-8-4-9(13)6-10(14)5-8/h8-10H,4-7,13H2,1-3H3. The normalized spacial score (nSPS) is 35.7. The Kier molecular flexibility index (Phi) is 2.53. The van der Waals surface area contributed by atoms with Gasteiger partial charge in [0.05, 0.1) is 0 Å². The molecule has 0 aromatic carbocycles. The van der Waals surface area contributed by atoms with Gasteiger partial charge in [-0.15, -0.1) is 0 Å². The molecule has 1 amide bonds. The molecule has 3 unspecified atom stereocenters. The van der Waals surface area contributed by atoms with Gasteiger partial charge in [-0.25, -0.2) is 0 Å². The van der Waals surface area contributed by atoms with E-state index in [1.807, 2.05) is 20.8 Å². The molecule has 2 bridgehead atoms. The van der Waals surface area contributed by atoms with E-state index >= 15 is 0 Å². The Balaban J connectivity index is 2.10. The summed E-state index contributed by atoms with van der Waals surface area (Å²) in [7, 11) is 0. The first-order valence-corrected chi connectivity index (χ1v) is 5.94. The average molecular weight is 210 g/mol. The van der Waals surface area contributed by atoms with E-state index in [0.717, 1.165) is 19.4 Å². The van der Waals surface area contributed by atoms with E-state index in [9.17, 15) is 4.79 Å². The molecule has 0 aromatic rings. The van der Waals surface area contributed by atoms with E-state index in [2.05, 4.69) is 4.90 Å². The van der Waals surface area contributed by atoms with E-state index < -0.39 is 0 Å². The fraction of sp³-hybridized carbons (Fsp3) is 0.917. The molecule has 0 spiro atoms. The van der Waals surface area contributed by atoms with Gasteiger partial charge in [0.25, 0.3) is 0 Å². The second-order valence-electron chi connectivity index (χ2n) is 6.19. The molecular weight excluding hydrogens is 188 g/mol. The summed E-state index contributed by atoms with van der Waals surface area (Å²) in [5.74, 6) is 0.953. The number of fused-ring (bicyclic) bond motifs is 2. The summed E-state index contributed by atoms with van der Waals surface area (Å²) in [5.41, 5.74) is 5.74. The molecular formula is C12H22N2O. The minimum atomic E-state index is -0.248. The predicted octanol–water partition coefficient (Wildman–Crippen LogP) is 1.37. The van der Waals surface area contributed by atoms with Crippen molar-refractivity contribution in [3.05, 3.63) is 0 Å². The second kappa shape index (κ2) is 3.48. The summed E-state index contributed by atoms with van der Waals surface area (Å²) in [6, 6.07) is 0.733. The van der Waals surface area contributed by atoms with Gasteiger partial charge in [-0.05, 0) is 25.2 Å². The van der Waals surface area contributed by atoms with Gasteiger partial charge in [0, 0.05) is 24.0 Å². The molecule has 2 rings (SSSR count). The highest BCUT2D eigenvalue weighted by molar-refractivity contribution is 5.82. The lowest BCUT2D eigenvalue weighted by Crippen LogP contribution is -2.43. The van der Waals surface area contributed by atoms with Gasteiger partial charge in [0.1, 0.15) is 0 Å². The van der Waals surface area contributed by atoms with Crippen LogP contribution in [0.2, 0.25) is 0 Å². The van der Waals surface area contributed by atoms with Crippen molar-refractivity contribution in [1.29, 1.82) is 0 Å². The van der Waals surface area contributed by atoms with Crippen LogP contribution >= 0.6 is 0 Å². The minimum absolute atomic E-state index is 0.248. The van der Waals surface area contributed by atoms with Crippen LogP contribution in [0.3, 0.4) is 0 Å². The van der Waals surface area contributed by atoms with Crippen molar-refractivity contribution in [3.8, 4) is 0 Å². The molecule has 3 heteroatoms. The minimum Gasteiger partial charge on any atom is -0.339 e. The highest BCUT2D eigenvalue weighted by atomic mass is 16.2. The molecule has 2 N–H and O–H groups in total. The van der Waals surface area contributed by atoms with Crippen molar-refractivity contribution in [2.24, 2.45) is 17.1 Å². The lowest BCUT2D eigenvalue weighted by Gasteiger charge is -2.31. The SMILES string of the molecule is CC(C)(C)C(=O)N1CC2CC(N)CC1C2. The van der Waals surface area contributed by atoms with Crippen LogP contribution in [0.25, 0.3) is 0 Å². The van der Waals surface area contributed by atoms with E-state index in [4.69, 9.17) is 5.73 Å². The van der Waals surface area contributed by atoms with Gasteiger partial charge in [-0.3, -0.25) is 4.79 Å². The first kappa shape index (κ1) is 10.9.